The number of ether oxygens (including phenoxy) is 2. The molecule has 108 heavy (non-hydrogen) atoms. The summed E-state index contributed by atoms with van der Waals surface area (Å²) in [4.78, 5) is 139. The highest BCUT2D eigenvalue weighted by atomic mass is 16.6. The highest BCUT2D eigenvalue weighted by molar-refractivity contribution is 6.01. The smallest absolute Gasteiger partial charge is 0.407 e. The van der Waals surface area contributed by atoms with Gasteiger partial charge in [0.1, 0.15) is 45.5 Å². The van der Waals surface area contributed by atoms with Gasteiger partial charge in [-0.1, -0.05) is 57.8 Å². The molecule has 0 saturated carbocycles. The Balaban J connectivity index is 0.000000644. The van der Waals surface area contributed by atoms with Gasteiger partial charge in [0.05, 0.1) is 49.6 Å². The molecule has 600 valence electrons. The van der Waals surface area contributed by atoms with Gasteiger partial charge in [0, 0.05) is 95.1 Å². The van der Waals surface area contributed by atoms with Gasteiger partial charge in [-0.2, -0.15) is 0 Å². The lowest BCUT2D eigenvalue weighted by Crippen LogP contribution is -2.33. The van der Waals surface area contributed by atoms with Crippen molar-refractivity contribution >= 4 is 77.7 Å². The number of nitrogens with zero attached hydrogens (tertiary/aromatic N) is 11. The van der Waals surface area contributed by atoms with Crippen LogP contribution in [0.4, 0.5) is 15.4 Å². The lowest BCUT2D eigenvalue weighted by atomic mass is 10.2. The number of aliphatic imine (C=N–C) groups is 2. The minimum absolute atomic E-state index is 0.111. The number of hydrogen-bond acceptors (Lipinski definition) is 23. The molecule has 0 saturated heterocycles. The van der Waals surface area contributed by atoms with E-state index in [-0.39, 0.29) is 41.3 Å². The molecule has 2 aliphatic rings. The number of aromatic nitrogens is 10. The zero-order chi connectivity index (χ0) is 80.9. The standard InChI is InChI=1S/2C15H26N4O3.C10H17N5O2.2C10H18N4O.C5H7N3O.C5H6N2O/c1-15(2,3)22-14(21)18-8-6-4-5-7-9-19-11-17-10-12(19)13(16)20;1-15(2,3)22-14(21)17-8-6-4-5-7-9-19-10-12(13(16)20)18-11-19;11-5-3-1-2-4-7(16)15-10-8(9(12)17)13-6-14-10;11-5-3-1-2-4-6-14-7-9(10(12)15)13-8-14;11-5-3-1-2-4-6-14-8-13-7-9(14)10(12)15;6-4-3(5(7)9)1-2-8-4;6-5(8)4-1-2-7-3-4/h10-11H,4-9H2,1-3H3,(H2,16,20)(H,18,21);10-11H,4-9H2,1-3H3,(H2,16,20)(H,17,21);6H,1-5,11H2,(H2,12,17)(H,13,14)(H,15,16);2*7-8H,1-6,11H2,(H2,12,15);2H,1,6H2,(H2,7,9);2-3H,1H2,(H2,6,8). The molecule has 0 unspecified atom stereocenters. The average Bonchev–Trinajstić information content (AvgIpc) is 1.74. The number of carbonyl (C=O) groups excluding carboxylic acids is 10. The number of nitrogens with one attached hydrogen (secondary N) is 4. The molecular weight excluding hydrogens is 1400 g/mol. The van der Waals surface area contributed by atoms with Crippen LogP contribution in [0.25, 0.3) is 0 Å². The first-order chi connectivity index (χ1) is 51.2. The largest absolute Gasteiger partial charge is 0.444 e. The van der Waals surface area contributed by atoms with Gasteiger partial charge in [-0.05, 0) is 125 Å². The normalized spacial score (nSPS) is 11.7. The monoisotopic (exact) mass is 1510 g/mol. The molecule has 7 heterocycles. The number of unbranched alkanes of at least 4 members (excludes halogenated alkanes) is 14. The summed E-state index contributed by atoms with van der Waals surface area (Å²) in [6.45, 7) is 17.6. The van der Waals surface area contributed by atoms with Gasteiger partial charge < -0.3 is 112 Å². The molecule has 0 radical (unpaired) electrons. The highest BCUT2D eigenvalue weighted by Gasteiger charge is 2.18. The van der Waals surface area contributed by atoms with E-state index in [4.69, 9.17) is 72.5 Å². The second-order valence-corrected chi connectivity index (χ2v) is 26.4. The molecule has 7 rings (SSSR count). The molecule has 0 atom stereocenters. The summed E-state index contributed by atoms with van der Waals surface area (Å²) in [5.74, 6) is -3.12. The number of primary amides is 7. The van der Waals surface area contributed by atoms with E-state index in [0.717, 1.165) is 161 Å². The minimum atomic E-state index is -0.652. The van der Waals surface area contributed by atoms with Gasteiger partial charge in [0.25, 0.3) is 29.5 Å². The summed E-state index contributed by atoms with van der Waals surface area (Å²) >= 11 is 0. The van der Waals surface area contributed by atoms with Crippen LogP contribution in [0.2, 0.25) is 0 Å². The van der Waals surface area contributed by atoms with Crippen molar-refractivity contribution in [2.75, 3.05) is 38.0 Å². The number of aromatic amines is 1. The Morgan fingerprint density at radius 3 is 1.24 bits per heavy atom. The van der Waals surface area contributed by atoms with Crippen molar-refractivity contribution in [1.29, 1.82) is 0 Å². The van der Waals surface area contributed by atoms with Crippen LogP contribution in [0.15, 0.2) is 89.6 Å². The first-order valence-electron chi connectivity index (χ1n) is 35.9. The number of rotatable bonds is 39. The van der Waals surface area contributed by atoms with Crippen molar-refractivity contribution in [3.8, 4) is 0 Å². The molecule has 0 spiro atoms. The molecule has 0 aliphatic carbocycles. The molecule has 10 amide bonds. The molecule has 2 aliphatic heterocycles. The topological polar surface area (TPSA) is 636 Å². The molecule has 5 aromatic heterocycles. The zero-order valence-corrected chi connectivity index (χ0v) is 63.5. The lowest BCUT2D eigenvalue weighted by Gasteiger charge is -2.19. The molecule has 38 nitrogen and oxygen atoms in total. The Morgan fingerprint density at radius 1 is 0.481 bits per heavy atom. The van der Waals surface area contributed by atoms with Crippen LogP contribution in [-0.4, -0.2) is 164 Å². The first kappa shape index (κ1) is 94.9. The van der Waals surface area contributed by atoms with Crippen LogP contribution in [-0.2, 0) is 50.0 Å². The van der Waals surface area contributed by atoms with Crippen molar-refractivity contribution in [3.05, 3.63) is 108 Å². The van der Waals surface area contributed by atoms with E-state index in [2.05, 4.69) is 55.8 Å². The average molecular weight is 1520 g/mol. The zero-order valence-electron chi connectivity index (χ0n) is 63.5. The number of H-pyrrole nitrogens is 1. The Labute approximate surface area is 630 Å². The second kappa shape index (κ2) is 54.4. The molecule has 0 aromatic carbocycles. The summed E-state index contributed by atoms with van der Waals surface area (Å²) in [7, 11) is 0. The first-order valence-corrected chi connectivity index (χ1v) is 35.9. The summed E-state index contributed by atoms with van der Waals surface area (Å²) in [5, 5.41) is 8.00. The van der Waals surface area contributed by atoms with Crippen LogP contribution < -0.4 is 79.0 Å². The van der Waals surface area contributed by atoms with Gasteiger partial charge in [-0.3, -0.25) is 43.3 Å². The molecular formula is C70H118N26O12. The third-order valence-corrected chi connectivity index (χ3v) is 14.8. The number of anilines is 1. The summed E-state index contributed by atoms with van der Waals surface area (Å²) in [5.41, 5.74) is 58.7. The SMILES string of the molecule is CC(C)(C)OC(=O)NCCCCCCn1cnc(C(N)=O)c1.CC(C)(C)OC(=O)NCCCCCCn1cncc1C(N)=O.NC(=O)C1=C(N)N=CC1.NC(=O)C1=CN=CC1.NCCCCCC(=O)Nc1nc[nH]c1C(N)=O.NCCCCCCn1cnc(C(N)=O)c1.NCCCCCCn1cncc1C(N)=O. The molecule has 38 heteroatoms. The summed E-state index contributed by atoms with van der Waals surface area (Å²) in [6.07, 6.45) is 38.7. The summed E-state index contributed by atoms with van der Waals surface area (Å²) in [6, 6.07) is 0. The third kappa shape index (κ3) is 45.3. The van der Waals surface area contributed by atoms with E-state index in [1.165, 1.54) is 24.9 Å². The van der Waals surface area contributed by atoms with E-state index in [0.29, 0.717) is 72.8 Å². The fourth-order valence-corrected chi connectivity index (χ4v) is 9.28. The van der Waals surface area contributed by atoms with Gasteiger partial charge in [-0.15, -0.1) is 0 Å². The van der Waals surface area contributed by atoms with Crippen LogP contribution in [0, 0.1) is 0 Å². The van der Waals surface area contributed by atoms with Gasteiger partial charge >= 0.3 is 12.2 Å². The van der Waals surface area contributed by atoms with Crippen molar-refractivity contribution in [1.82, 2.24) is 58.8 Å². The van der Waals surface area contributed by atoms with E-state index in [1.807, 2.05) is 50.7 Å². The molecule has 0 fully saturated rings. The molecule has 0 bridgehead atoms. The van der Waals surface area contributed by atoms with Crippen molar-refractivity contribution < 1.29 is 57.4 Å². The highest BCUT2D eigenvalue weighted by Crippen LogP contribution is 2.14. The Morgan fingerprint density at radius 2 is 0.907 bits per heavy atom. The number of imidazole rings is 5. The Kier molecular flexibility index (Phi) is 47.8. The fourth-order valence-electron chi connectivity index (χ4n) is 9.28. The molecule has 26 N–H and O–H groups in total. The molecule has 5 aromatic rings. The van der Waals surface area contributed by atoms with Crippen LogP contribution >= 0.6 is 0 Å². The quantitative estimate of drug-likeness (QED) is 0.0247. The predicted molar refractivity (Wildman–Crippen MR) is 411 cm³/mol. The maximum absolute atomic E-state index is 11.5. The lowest BCUT2D eigenvalue weighted by molar-refractivity contribution is -0.116. The third-order valence-electron chi connectivity index (χ3n) is 14.8. The number of alkyl carbamates (subject to hydrolysis) is 2. The van der Waals surface area contributed by atoms with E-state index < -0.39 is 46.6 Å². The number of hydrogen-bond donors (Lipinski definition) is 15. The number of aryl methyl sites for hydroxylation is 4. The second-order valence-electron chi connectivity index (χ2n) is 26.4. The fraction of sp³-hybridized carbons (Fsp3) is 0.557. The van der Waals surface area contributed by atoms with Crippen molar-refractivity contribution in [2.24, 2.45) is 73.1 Å². The van der Waals surface area contributed by atoms with Gasteiger partial charge in [0.15, 0.2) is 5.82 Å². The summed E-state index contributed by atoms with van der Waals surface area (Å²) < 4.78 is 17.6. The minimum Gasteiger partial charge on any atom is -0.444 e. The van der Waals surface area contributed by atoms with Crippen LogP contribution in [0.5, 0.6) is 0 Å². The van der Waals surface area contributed by atoms with E-state index in [9.17, 15) is 47.9 Å². The van der Waals surface area contributed by atoms with Crippen LogP contribution in [0.3, 0.4) is 0 Å². The maximum atomic E-state index is 11.5. The van der Waals surface area contributed by atoms with E-state index >= 15 is 0 Å². The van der Waals surface area contributed by atoms with Crippen molar-refractivity contribution in [3.63, 3.8) is 0 Å². The van der Waals surface area contributed by atoms with Gasteiger partial charge in [-0.25, -0.2) is 39.5 Å². The predicted octanol–water partition coefficient (Wildman–Crippen LogP) is 4.05. The van der Waals surface area contributed by atoms with Crippen LogP contribution in [0.1, 0.15) is 235 Å². The number of amides is 10. The Bertz CT molecular complexity index is 3640. The maximum Gasteiger partial charge on any atom is 0.407 e. The number of nitrogens with two attached hydrogens (primary N) is 11. The van der Waals surface area contributed by atoms with Gasteiger partial charge in [0.2, 0.25) is 17.7 Å². The number of carbonyl (C=O) groups is 10. The Hall–Kier alpha value is -11.1. The van der Waals surface area contributed by atoms with Crippen molar-refractivity contribution in [2.45, 2.75) is 220 Å². The van der Waals surface area contributed by atoms with E-state index in [1.54, 1.807) is 59.3 Å².